The van der Waals surface area contributed by atoms with Gasteiger partial charge in [-0.25, -0.2) is 0 Å². The average molecular weight is 263 g/mol. The van der Waals surface area contributed by atoms with Crippen LogP contribution in [0.5, 0.6) is 0 Å². The van der Waals surface area contributed by atoms with Crippen molar-refractivity contribution in [1.82, 2.24) is 14.7 Å². The molecule has 0 saturated heterocycles. The molecule has 0 bridgehead atoms. The Morgan fingerprint density at radius 1 is 1.21 bits per heavy atom. The van der Waals surface area contributed by atoms with Crippen LogP contribution >= 0.6 is 0 Å². The zero-order chi connectivity index (χ0) is 13.1. The first-order valence-corrected chi connectivity index (χ1v) is 7.76. The molecule has 2 aliphatic carbocycles. The summed E-state index contributed by atoms with van der Waals surface area (Å²) < 4.78 is 2.18. The van der Waals surface area contributed by atoms with Gasteiger partial charge in [0.05, 0.1) is 18.3 Å². The SMILES string of the molecule is OCCN(Cc1ccn(C2CCCCC2)n1)C1CC1. The second-order valence-corrected chi connectivity index (χ2v) is 6.00. The van der Waals surface area contributed by atoms with Crippen molar-refractivity contribution in [2.75, 3.05) is 13.2 Å². The van der Waals surface area contributed by atoms with Crippen LogP contribution in [0.3, 0.4) is 0 Å². The van der Waals surface area contributed by atoms with Crippen molar-refractivity contribution < 1.29 is 5.11 Å². The van der Waals surface area contributed by atoms with Crippen LogP contribution < -0.4 is 0 Å². The molecule has 0 aromatic carbocycles. The van der Waals surface area contributed by atoms with Gasteiger partial charge in [0, 0.05) is 25.3 Å². The van der Waals surface area contributed by atoms with Gasteiger partial charge < -0.3 is 5.11 Å². The van der Waals surface area contributed by atoms with Gasteiger partial charge in [0.1, 0.15) is 0 Å². The summed E-state index contributed by atoms with van der Waals surface area (Å²) in [4.78, 5) is 2.37. The standard InChI is InChI=1S/C15H25N3O/c19-11-10-17(14-6-7-14)12-13-8-9-18(16-13)15-4-2-1-3-5-15/h8-9,14-15,19H,1-7,10-12H2. The van der Waals surface area contributed by atoms with E-state index >= 15 is 0 Å². The Hall–Kier alpha value is -0.870. The molecule has 1 heterocycles. The zero-order valence-corrected chi connectivity index (χ0v) is 11.7. The molecule has 0 aliphatic heterocycles. The van der Waals surface area contributed by atoms with E-state index in [-0.39, 0.29) is 6.61 Å². The third-order valence-electron chi connectivity index (χ3n) is 4.43. The van der Waals surface area contributed by atoms with Crippen molar-refractivity contribution in [3.63, 3.8) is 0 Å². The van der Waals surface area contributed by atoms with Crippen LogP contribution in [0.2, 0.25) is 0 Å². The highest BCUT2D eigenvalue weighted by atomic mass is 16.3. The molecule has 1 aromatic heterocycles. The fourth-order valence-electron chi connectivity index (χ4n) is 3.18. The molecule has 2 saturated carbocycles. The van der Waals surface area contributed by atoms with Crippen LogP contribution in [0.25, 0.3) is 0 Å². The summed E-state index contributed by atoms with van der Waals surface area (Å²) in [5, 5.41) is 13.9. The highest BCUT2D eigenvalue weighted by Gasteiger charge is 2.29. The minimum atomic E-state index is 0.250. The lowest BCUT2D eigenvalue weighted by Gasteiger charge is -2.22. The summed E-state index contributed by atoms with van der Waals surface area (Å²) in [5.74, 6) is 0. The van der Waals surface area contributed by atoms with Crippen LogP contribution in [0.1, 0.15) is 56.7 Å². The lowest BCUT2D eigenvalue weighted by atomic mass is 9.96. The Labute approximate surface area is 115 Å². The van der Waals surface area contributed by atoms with E-state index in [1.807, 2.05) is 0 Å². The maximum Gasteiger partial charge on any atom is 0.0765 e. The van der Waals surface area contributed by atoms with Crippen LogP contribution in [0.15, 0.2) is 12.3 Å². The van der Waals surface area contributed by atoms with Crippen molar-refractivity contribution in [2.24, 2.45) is 0 Å². The summed E-state index contributed by atoms with van der Waals surface area (Å²) in [6.45, 7) is 1.92. The van der Waals surface area contributed by atoms with Gasteiger partial charge in [-0.05, 0) is 31.7 Å². The summed E-state index contributed by atoms with van der Waals surface area (Å²) in [7, 11) is 0. The molecule has 0 radical (unpaired) electrons. The van der Waals surface area contributed by atoms with Crippen LogP contribution in [-0.4, -0.2) is 39.0 Å². The highest BCUT2D eigenvalue weighted by Crippen LogP contribution is 2.29. The summed E-state index contributed by atoms with van der Waals surface area (Å²) in [6.07, 6.45) is 11.4. The van der Waals surface area contributed by atoms with Gasteiger partial charge in [-0.2, -0.15) is 5.10 Å². The quantitative estimate of drug-likeness (QED) is 0.856. The van der Waals surface area contributed by atoms with Gasteiger partial charge in [0.2, 0.25) is 0 Å². The molecular weight excluding hydrogens is 238 g/mol. The molecule has 19 heavy (non-hydrogen) atoms. The normalized spacial score (nSPS) is 21.2. The first-order valence-electron chi connectivity index (χ1n) is 7.76. The molecule has 2 fully saturated rings. The monoisotopic (exact) mass is 263 g/mol. The largest absolute Gasteiger partial charge is 0.395 e. The Kier molecular flexibility index (Phi) is 4.18. The maximum atomic E-state index is 9.13. The molecule has 0 spiro atoms. The van der Waals surface area contributed by atoms with Crippen molar-refractivity contribution in [2.45, 2.75) is 63.6 Å². The highest BCUT2D eigenvalue weighted by molar-refractivity contribution is 5.01. The number of aliphatic hydroxyl groups excluding tert-OH is 1. The Bertz CT molecular complexity index is 394. The Morgan fingerprint density at radius 2 is 2.00 bits per heavy atom. The molecule has 2 aliphatic rings. The smallest absolute Gasteiger partial charge is 0.0765 e. The lowest BCUT2D eigenvalue weighted by molar-refractivity contribution is 0.181. The number of hydrogen-bond donors (Lipinski definition) is 1. The second-order valence-electron chi connectivity index (χ2n) is 6.00. The average Bonchev–Trinajstić information content (AvgIpc) is 3.19. The van der Waals surface area contributed by atoms with Gasteiger partial charge >= 0.3 is 0 Å². The fraction of sp³-hybridized carbons (Fsp3) is 0.800. The minimum absolute atomic E-state index is 0.250. The first-order chi connectivity index (χ1) is 9.36. The summed E-state index contributed by atoms with van der Waals surface area (Å²) in [5.41, 5.74) is 1.16. The van der Waals surface area contributed by atoms with Gasteiger partial charge in [0.15, 0.2) is 0 Å². The van der Waals surface area contributed by atoms with Crippen molar-refractivity contribution in [1.29, 1.82) is 0 Å². The van der Waals surface area contributed by atoms with Gasteiger partial charge in [-0.3, -0.25) is 9.58 Å². The topological polar surface area (TPSA) is 41.3 Å². The number of hydrogen-bond acceptors (Lipinski definition) is 3. The summed E-state index contributed by atoms with van der Waals surface area (Å²) in [6, 6.07) is 3.46. The van der Waals surface area contributed by atoms with Gasteiger partial charge in [-0.1, -0.05) is 19.3 Å². The Balaban J connectivity index is 1.60. The van der Waals surface area contributed by atoms with Gasteiger partial charge in [0.25, 0.3) is 0 Å². The molecule has 0 unspecified atom stereocenters. The fourth-order valence-corrected chi connectivity index (χ4v) is 3.18. The number of aromatic nitrogens is 2. The van der Waals surface area contributed by atoms with E-state index in [4.69, 9.17) is 10.2 Å². The number of aliphatic hydroxyl groups is 1. The van der Waals surface area contributed by atoms with Crippen LogP contribution in [0, 0.1) is 0 Å². The van der Waals surface area contributed by atoms with E-state index < -0.39 is 0 Å². The maximum absolute atomic E-state index is 9.13. The minimum Gasteiger partial charge on any atom is -0.395 e. The molecule has 1 N–H and O–H groups in total. The van der Waals surface area contributed by atoms with E-state index in [9.17, 15) is 0 Å². The molecule has 4 nitrogen and oxygen atoms in total. The first kappa shape index (κ1) is 13.1. The Morgan fingerprint density at radius 3 is 2.68 bits per heavy atom. The molecule has 106 valence electrons. The molecule has 0 amide bonds. The number of nitrogens with zero attached hydrogens (tertiary/aromatic N) is 3. The van der Waals surface area contributed by atoms with E-state index in [1.165, 1.54) is 44.9 Å². The molecule has 3 rings (SSSR count). The third-order valence-corrected chi connectivity index (χ3v) is 4.43. The predicted octanol–water partition coefficient (Wildman–Crippen LogP) is 2.34. The molecular formula is C15H25N3O. The van der Waals surface area contributed by atoms with E-state index in [1.54, 1.807) is 0 Å². The van der Waals surface area contributed by atoms with E-state index in [2.05, 4.69) is 21.8 Å². The van der Waals surface area contributed by atoms with Crippen LogP contribution in [-0.2, 0) is 6.54 Å². The van der Waals surface area contributed by atoms with Gasteiger partial charge in [-0.15, -0.1) is 0 Å². The summed E-state index contributed by atoms with van der Waals surface area (Å²) >= 11 is 0. The van der Waals surface area contributed by atoms with Crippen LogP contribution in [0.4, 0.5) is 0 Å². The van der Waals surface area contributed by atoms with Crippen molar-refractivity contribution >= 4 is 0 Å². The lowest BCUT2D eigenvalue weighted by Crippen LogP contribution is -2.29. The third kappa shape index (κ3) is 3.37. The van der Waals surface area contributed by atoms with E-state index in [0.29, 0.717) is 12.1 Å². The van der Waals surface area contributed by atoms with Crippen molar-refractivity contribution in [3.05, 3.63) is 18.0 Å². The molecule has 1 aromatic rings. The molecule has 4 heteroatoms. The predicted molar refractivity (Wildman–Crippen MR) is 74.9 cm³/mol. The number of rotatable bonds is 6. The van der Waals surface area contributed by atoms with E-state index in [0.717, 1.165) is 18.8 Å². The second kappa shape index (κ2) is 6.06. The zero-order valence-electron chi connectivity index (χ0n) is 11.7. The molecule has 0 atom stereocenters. The van der Waals surface area contributed by atoms with Crippen molar-refractivity contribution in [3.8, 4) is 0 Å².